The Hall–Kier alpha value is -4.34. The fraction of sp³-hybridized carbons (Fsp3) is 0.300. The van der Waals surface area contributed by atoms with Crippen LogP contribution in [0.3, 0.4) is 0 Å². The lowest BCUT2D eigenvalue weighted by Gasteiger charge is -2.38. The van der Waals surface area contributed by atoms with Gasteiger partial charge in [-0.2, -0.15) is 21.8 Å². The van der Waals surface area contributed by atoms with E-state index in [2.05, 4.69) is 15.3 Å². The summed E-state index contributed by atoms with van der Waals surface area (Å²) in [6.45, 7) is 5.14. The number of rotatable bonds is 10. The molecule has 0 radical (unpaired) electrons. The number of hydrogen-bond acceptors (Lipinski definition) is 10. The van der Waals surface area contributed by atoms with Crippen molar-refractivity contribution in [1.82, 2.24) is 0 Å². The highest BCUT2D eigenvalue weighted by atomic mass is 32.3. The number of hydrogen-bond donors (Lipinski definition) is 4. The van der Waals surface area contributed by atoms with E-state index in [1.807, 2.05) is 68.4 Å². The van der Waals surface area contributed by atoms with Crippen LogP contribution in [0.4, 0.5) is 15.3 Å². The largest absolute Gasteiger partial charge is 0.369 e. The second-order valence-corrected chi connectivity index (χ2v) is 13.8. The topological polar surface area (TPSA) is 198 Å². The van der Waals surface area contributed by atoms with Crippen LogP contribution >= 0.6 is 0 Å². The highest BCUT2D eigenvalue weighted by molar-refractivity contribution is 7.86. The summed E-state index contributed by atoms with van der Waals surface area (Å²) in [5, 5.41) is 2.84. The van der Waals surface area contributed by atoms with E-state index in [0.29, 0.717) is 24.9 Å². The SMILES string of the molecule is CC1(C)N=C(N)N=C(N)N1c1ccc(CC(CCc2ccccc2)C(=O)Nc2ccc(S(=O)(=O)F)cc2)cc1.CCS(=O)(=O)O. The highest BCUT2D eigenvalue weighted by Gasteiger charge is 2.33. The Kier molecular flexibility index (Phi) is 11.4. The van der Waals surface area contributed by atoms with E-state index in [-0.39, 0.29) is 29.5 Å². The molecule has 1 aliphatic heterocycles. The van der Waals surface area contributed by atoms with E-state index in [1.165, 1.54) is 19.1 Å². The number of aryl methyl sites for hydroxylation is 1. The number of carbonyl (C=O) groups is 1. The Balaban J connectivity index is 0.000000838. The third kappa shape index (κ3) is 10.7. The molecule has 0 aliphatic carbocycles. The predicted octanol–water partition coefficient (Wildman–Crippen LogP) is 3.85. The molecule has 1 unspecified atom stereocenters. The van der Waals surface area contributed by atoms with Gasteiger partial charge in [-0.25, -0.2) is 4.99 Å². The van der Waals surface area contributed by atoms with Gasteiger partial charge < -0.3 is 16.8 Å². The molecule has 0 fully saturated rings. The number of anilines is 2. The molecular formula is C30H37FN6O6S2. The molecule has 1 heterocycles. The lowest BCUT2D eigenvalue weighted by molar-refractivity contribution is -0.120. The summed E-state index contributed by atoms with van der Waals surface area (Å²) in [6.07, 6.45) is 1.75. The maximum atomic E-state index is 13.3. The van der Waals surface area contributed by atoms with Crippen molar-refractivity contribution >= 4 is 49.5 Å². The molecule has 0 spiro atoms. The molecule has 45 heavy (non-hydrogen) atoms. The molecule has 3 aromatic rings. The minimum atomic E-state index is -4.81. The predicted molar refractivity (Wildman–Crippen MR) is 174 cm³/mol. The van der Waals surface area contributed by atoms with Crippen molar-refractivity contribution in [3.63, 3.8) is 0 Å². The molecule has 242 valence electrons. The van der Waals surface area contributed by atoms with Crippen LogP contribution in [0, 0.1) is 5.92 Å². The maximum absolute atomic E-state index is 13.3. The van der Waals surface area contributed by atoms with Gasteiger partial charge in [-0.15, -0.1) is 3.89 Å². The van der Waals surface area contributed by atoms with Gasteiger partial charge >= 0.3 is 10.2 Å². The molecule has 15 heteroatoms. The van der Waals surface area contributed by atoms with Crippen LogP contribution in [0.2, 0.25) is 0 Å². The van der Waals surface area contributed by atoms with E-state index in [4.69, 9.17) is 16.0 Å². The fourth-order valence-electron chi connectivity index (χ4n) is 4.57. The first-order chi connectivity index (χ1) is 21.0. The van der Waals surface area contributed by atoms with E-state index in [9.17, 15) is 25.5 Å². The fourth-order valence-corrected chi connectivity index (χ4v) is 5.03. The van der Waals surface area contributed by atoms with Crippen LogP contribution in [0.5, 0.6) is 0 Å². The third-order valence-corrected chi connectivity index (χ3v) is 8.40. The molecule has 0 bridgehead atoms. The molecule has 0 aromatic heterocycles. The van der Waals surface area contributed by atoms with E-state index in [0.717, 1.165) is 28.9 Å². The molecule has 1 amide bonds. The van der Waals surface area contributed by atoms with Crippen LogP contribution in [0.15, 0.2) is 93.7 Å². The van der Waals surface area contributed by atoms with Crippen LogP contribution in [0.25, 0.3) is 0 Å². The number of nitrogens with two attached hydrogens (primary N) is 2. The zero-order chi connectivity index (χ0) is 33.4. The summed E-state index contributed by atoms with van der Waals surface area (Å²) >= 11 is 0. The second kappa shape index (κ2) is 14.6. The minimum absolute atomic E-state index is 0.124. The first-order valence-corrected chi connectivity index (χ1v) is 16.9. The van der Waals surface area contributed by atoms with Crippen molar-refractivity contribution in [2.24, 2.45) is 27.4 Å². The number of nitrogens with zero attached hydrogens (tertiary/aromatic N) is 3. The van der Waals surface area contributed by atoms with Gasteiger partial charge in [-0.1, -0.05) is 42.5 Å². The standard InChI is InChI=1S/C28H31FN6O3S.C2H6O3S/c1-28(2)34-26(30)33-27(31)35(28)23-14-9-20(10-15-23)18-21(11-8-19-6-4-3-5-7-19)25(36)32-22-12-16-24(17-13-22)39(29,37)38;1-2-6(3,4)5/h3-7,9-10,12-17,21H,8,11,18H2,1-2H3,(H,32,36)(H4,30,31,33,34);2H2,1H3,(H,3,4,5). The highest BCUT2D eigenvalue weighted by Crippen LogP contribution is 2.28. The Morgan fingerprint density at radius 2 is 1.53 bits per heavy atom. The van der Waals surface area contributed by atoms with E-state index < -0.39 is 30.9 Å². The number of amides is 1. The van der Waals surface area contributed by atoms with Gasteiger partial charge in [0.05, 0.1) is 10.6 Å². The molecule has 12 nitrogen and oxygen atoms in total. The van der Waals surface area contributed by atoms with Crippen LogP contribution in [-0.2, 0) is 38.0 Å². The lowest BCUT2D eigenvalue weighted by Crippen LogP contribution is -2.54. The summed E-state index contributed by atoms with van der Waals surface area (Å²) in [5.74, 6) is -0.439. The number of benzene rings is 3. The molecule has 0 saturated carbocycles. The summed E-state index contributed by atoms with van der Waals surface area (Å²) < 4.78 is 62.4. The second-order valence-electron chi connectivity index (χ2n) is 10.7. The maximum Gasteiger partial charge on any atom is 0.332 e. The van der Waals surface area contributed by atoms with Gasteiger partial charge in [0.2, 0.25) is 17.8 Å². The number of carbonyl (C=O) groups excluding carboxylic acids is 1. The number of aliphatic imine (C=N–C) groups is 2. The number of nitrogens with one attached hydrogen (secondary N) is 1. The summed E-state index contributed by atoms with van der Waals surface area (Å²) in [7, 11) is -8.48. The molecule has 4 rings (SSSR count). The van der Waals surface area contributed by atoms with Crippen molar-refractivity contribution in [3.8, 4) is 0 Å². The Bertz CT molecular complexity index is 1750. The van der Waals surface area contributed by atoms with Gasteiger partial charge in [-0.05, 0) is 87.6 Å². The van der Waals surface area contributed by atoms with Crippen LogP contribution < -0.4 is 21.7 Å². The number of guanidine groups is 2. The molecule has 3 aromatic carbocycles. The average Bonchev–Trinajstić information content (AvgIpc) is 2.95. The quantitative estimate of drug-likeness (QED) is 0.184. The molecule has 0 saturated heterocycles. The first-order valence-electron chi connectivity index (χ1n) is 13.9. The van der Waals surface area contributed by atoms with Crippen molar-refractivity contribution in [1.29, 1.82) is 0 Å². The Labute approximate surface area is 263 Å². The molecule has 1 atom stereocenters. The average molecular weight is 661 g/mol. The minimum Gasteiger partial charge on any atom is -0.369 e. The molecule has 1 aliphatic rings. The van der Waals surface area contributed by atoms with Gasteiger partial charge in [0.1, 0.15) is 5.66 Å². The van der Waals surface area contributed by atoms with Gasteiger partial charge in [0, 0.05) is 17.3 Å². The summed E-state index contributed by atoms with van der Waals surface area (Å²) in [4.78, 5) is 23.1. The van der Waals surface area contributed by atoms with Crippen LogP contribution in [-0.4, -0.2) is 50.6 Å². The smallest absolute Gasteiger partial charge is 0.332 e. The van der Waals surface area contributed by atoms with Crippen molar-refractivity contribution in [2.75, 3.05) is 16.0 Å². The van der Waals surface area contributed by atoms with E-state index >= 15 is 0 Å². The van der Waals surface area contributed by atoms with Gasteiger partial charge in [0.25, 0.3) is 10.1 Å². The molecule has 6 N–H and O–H groups in total. The van der Waals surface area contributed by atoms with Gasteiger partial charge in [0.15, 0.2) is 0 Å². The van der Waals surface area contributed by atoms with Crippen molar-refractivity contribution in [3.05, 3.63) is 90.0 Å². The van der Waals surface area contributed by atoms with Crippen LogP contribution in [0.1, 0.15) is 38.3 Å². The Morgan fingerprint density at radius 1 is 0.956 bits per heavy atom. The van der Waals surface area contributed by atoms with E-state index in [1.54, 1.807) is 4.90 Å². The Morgan fingerprint density at radius 3 is 2.04 bits per heavy atom. The number of halogens is 1. The summed E-state index contributed by atoms with van der Waals surface area (Å²) in [5.41, 5.74) is 14.4. The normalized spacial score (nSPS) is 15.2. The third-order valence-electron chi connectivity index (χ3n) is 6.83. The monoisotopic (exact) mass is 660 g/mol. The van der Waals surface area contributed by atoms with Crippen molar-refractivity contribution in [2.45, 2.75) is 50.6 Å². The lowest BCUT2D eigenvalue weighted by atomic mass is 9.91. The zero-order valence-corrected chi connectivity index (χ0v) is 26.7. The molecular weight excluding hydrogens is 623 g/mol. The summed E-state index contributed by atoms with van der Waals surface area (Å²) in [6, 6.07) is 22.5. The van der Waals surface area contributed by atoms with Gasteiger partial charge in [-0.3, -0.25) is 14.2 Å². The first kappa shape index (κ1) is 35.1. The zero-order valence-electron chi connectivity index (χ0n) is 25.1. The van der Waals surface area contributed by atoms with Crippen molar-refractivity contribution < 1.29 is 30.1 Å².